The van der Waals surface area contributed by atoms with Gasteiger partial charge in [0.2, 0.25) is 5.95 Å². The summed E-state index contributed by atoms with van der Waals surface area (Å²) in [6, 6.07) is 4.27. The van der Waals surface area contributed by atoms with Gasteiger partial charge in [-0.3, -0.25) is 0 Å². The van der Waals surface area contributed by atoms with Crippen LogP contribution in [0.15, 0.2) is 29.0 Å². The first kappa shape index (κ1) is 17.1. The fourth-order valence-electron chi connectivity index (χ4n) is 3.34. The van der Waals surface area contributed by atoms with Crippen molar-refractivity contribution in [2.24, 2.45) is 5.92 Å². The third-order valence-corrected chi connectivity index (χ3v) is 5.57. The lowest BCUT2D eigenvalue weighted by Gasteiger charge is -2.19. The zero-order valence-electron chi connectivity index (χ0n) is 14.6. The number of aromatic nitrogens is 3. The van der Waals surface area contributed by atoms with E-state index >= 15 is 0 Å². The third kappa shape index (κ3) is 3.23. The molecule has 6 nitrogen and oxygen atoms in total. The zero-order chi connectivity index (χ0) is 18.3. The van der Waals surface area contributed by atoms with Crippen LogP contribution in [0.3, 0.4) is 0 Å². The number of hydrogen-bond donors (Lipinski definition) is 3. The van der Waals surface area contributed by atoms with Gasteiger partial charge in [-0.2, -0.15) is 4.98 Å². The molecule has 1 fully saturated rings. The second-order valence-electron chi connectivity index (χ2n) is 6.86. The number of nitrogen functional groups attached to an aromatic ring is 2. The molecule has 4 rings (SSSR count). The molecule has 0 radical (unpaired) electrons. The van der Waals surface area contributed by atoms with Gasteiger partial charge in [0.25, 0.3) is 0 Å². The lowest BCUT2D eigenvalue weighted by molar-refractivity contribution is 0.303. The van der Waals surface area contributed by atoms with Gasteiger partial charge in [0, 0.05) is 28.3 Å². The Hall–Kier alpha value is -2.28. The lowest BCUT2D eigenvalue weighted by Crippen LogP contribution is -2.09. The number of aromatic amines is 1. The molecule has 0 amide bonds. The molecule has 2 aromatic heterocycles. The molecule has 26 heavy (non-hydrogen) atoms. The number of halogens is 1. The normalized spacial score (nSPS) is 15.3. The average molecular weight is 416 g/mol. The van der Waals surface area contributed by atoms with Gasteiger partial charge in [0.1, 0.15) is 11.6 Å². The topological polar surface area (TPSA) is 103 Å². The molecule has 7 heteroatoms. The summed E-state index contributed by atoms with van der Waals surface area (Å²) in [6.45, 7) is 2.89. The second kappa shape index (κ2) is 6.79. The van der Waals surface area contributed by atoms with E-state index in [1.807, 2.05) is 6.20 Å². The van der Waals surface area contributed by atoms with Gasteiger partial charge < -0.3 is 21.2 Å². The van der Waals surface area contributed by atoms with E-state index < -0.39 is 0 Å². The monoisotopic (exact) mass is 415 g/mol. The zero-order valence-corrected chi connectivity index (χ0v) is 16.2. The van der Waals surface area contributed by atoms with Crippen LogP contribution in [-0.2, 0) is 0 Å². The smallest absolute Gasteiger partial charge is 0.221 e. The van der Waals surface area contributed by atoms with Crippen molar-refractivity contribution < 1.29 is 4.74 Å². The van der Waals surface area contributed by atoms with E-state index in [2.05, 4.69) is 49.9 Å². The van der Waals surface area contributed by atoms with E-state index in [9.17, 15) is 0 Å². The Morgan fingerprint density at radius 1 is 1.35 bits per heavy atom. The summed E-state index contributed by atoms with van der Waals surface area (Å²) in [4.78, 5) is 11.6. The minimum absolute atomic E-state index is 0.0744. The number of ether oxygens (including phenoxy) is 1. The Balaban J connectivity index is 1.78. The summed E-state index contributed by atoms with van der Waals surface area (Å²) in [7, 11) is 0. The minimum Gasteiger partial charge on any atom is -0.493 e. The van der Waals surface area contributed by atoms with E-state index in [1.54, 1.807) is 6.20 Å². The van der Waals surface area contributed by atoms with E-state index in [0.29, 0.717) is 11.7 Å². The number of nitrogens with zero attached hydrogens (tertiary/aromatic N) is 2. The van der Waals surface area contributed by atoms with Crippen molar-refractivity contribution >= 4 is 38.6 Å². The largest absolute Gasteiger partial charge is 0.493 e. The van der Waals surface area contributed by atoms with Crippen molar-refractivity contribution in [3.63, 3.8) is 0 Å². The molecule has 0 spiro atoms. The Kier molecular flexibility index (Phi) is 4.48. The molecule has 1 saturated carbocycles. The number of benzene rings is 1. The molecular weight excluding hydrogens is 394 g/mol. The predicted octanol–water partition coefficient (Wildman–Crippen LogP) is 4.22. The van der Waals surface area contributed by atoms with Crippen LogP contribution in [-0.4, -0.2) is 21.6 Å². The molecule has 1 aromatic carbocycles. The highest BCUT2D eigenvalue weighted by Crippen LogP contribution is 2.40. The van der Waals surface area contributed by atoms with Crippen LogP contribution >= 0.6 is 15.9 Å². The number of nitrogens with one attached hydrogen (secondary N) is 1. The van der Waals surface area contributed by atoms with Crippen LogP contribution in [0.4, 0.5) is 11.8 Å². The van der Waals surface area contributed by atoms with Gasteiger partial charge in [-0.15, -0.1) is 0 Å². The van der Waals surface area contributed by atoms with Crippen molar-refractivity contribution in [2.45, 2.75) is 32.1 Å². The van der Waals surface area contributed by atoms with Gasteiger partial charge in [0.05, 0.1) is 17.5 Å². The maximum atomic E-state index is 6.17. The van der Waals surface area contributed by atoms with E-state index in [4.69, 9.17) is 16.2 Å². The molecule has 1 atom stereocenters. The van der Waals surface area contributed by atoms with Crippen LogP contribution in [0.2, 0.25) is 0 Å². The molecule has 0 saturated heterocycles. The first-order valence-electron chi connectivity index (χ1n) is 8.88. The summed E-state index contributed by atoms with van der Waals surface area (Å²) in [5.74, 6) is 2.28. The molecule has 2 heterocycles. The number of hydrogen-bond acceptors (Lipinski definition) is 5. The lowest BCUT2D eigenvalue weighted by atomic mass is 9.89. The maximum absolute atomic E-state index is 6.17. The van der Waals surface area contributed by atoms with Gasteiger partial charge in [-0.1, -0.05) is 6.92 Å². The van der Waals surface area contributed by atoms with Crippen LogP contribution in [0.1, 0.15) is 43.2 Å². The standard InChI is InChI=1S/C19H22BrN5O/c1-2-12(13-7-24-19(22)25-18(13)21)11-5-15-17(14(20)8-23-15)16(6-11)26-9-10-3-4-10/h5-8,10,12,23H,2-4,9H2,1H3,(H4,21,22,24,25). The van der Waals surface area contributed by atoms with Crippen LogP contribution in [0.25, 0.3) is 10.9 Å². The van der Waals surface area contributed by atoms with Crippen molar-refractivity contribution in [2.75, 3.05) is 18.1 Å². The van der Waals surface area contributed by atoms with Crippen LogP contribution in [0.5, 0.6) is 5.75 Å². The van der Waals surface area contributed by atoms with E-state index in [-0.39, 0.29) is 11.9 Å². The third-order valence-electron chi connectivity index (χ3n) is 4.94. The van der Waals surface area contributed by atoms with E-state index in [1.165, 1.54) is 12.8 Å². The average Bonchev–Trinajstić information content (AvgIpc) is 3.37. The highest BCUT2D eigenvalue weighted by molar-refractivity contribution is 9.10. The molecule has 1 aliphatic carbocycles. The van der Waals surface area contributed by atoms with Crippen LogP contribution < -0.4 is 16.2 Å². The Bertz CT molecular complexity index is 950. The number of H-pyrrole nitrogens is 1. The Morgan fingerprint density at radius 3 is 2.85 bits per heavy atom. The molecule has 5 N–H and O–H groups in total. The number of nitrogens with two attached hydrogens (primary N) is 2. The summed E-state index contributed by atoms with van der Waals surface area (Å²) in [5.41, 5.74) is 14.8. The maximum Gasteiger partial charge on any atom is 0.221 e. The summed E-state index contributed by atoms with van der Waals surface area (Å²) in [6.07, 6.45) is 7.06. The van der Waals surface area contributed by atoms with Crippen molar-refractivity contribution in [1.82, 2.24) is 15.0 Å². The van der Waals surface area contributed by atoms with E-state index in [0.717, 1.165) is 45.3 Å². The highest BCUT2D eigenvalue weighted by atomic mass is 79.9. The van der Waals surface area contributed by atoms with Crippen molar-refractivity contribution in [1.29, 1.82) is 0 Å². The summed E-state index contributed by atoms with van der Waals surface area (Å²) < 4.78 is 7.18. The number of fused-ring (bicyclic) bond motifs is 1. The first-order valence-corrected chi connectivity index (χ1v) is 9.67. The van der Waals surface area contributed by atoms with Gasteiger partial charge in [0.15, 0.2) is 0 Å². The molecule has 1 aliphatic rings. The summed E-state index contributed by atoms with van der Waals surface area (Å²) >= 11 is 3.62. The Labute approximate surface area is 160 Å². The molecule has 0 aliphatic heterocycles. The molecule has 136 valence electrons. The van der Waals surface area contributed by atoms with Crippen molar-refractivity contribution in [3.05, 3.63) is 40.1 Å². The Morgan fingerprint density at radius 2 is 2.15 bits per heavy atom. The fourth-order valence-corrected chi connectivity index (χ4v) is 3.86. The molecule has 0 bridgehead atoms. The predicted molar refractivity (Wildman–Crippen MR) is 107 cm³/mol. The molecule has 3 aromatic rings. The highest BCUT2D eigenvalue weighted by Gasteiger charge is 2.24. The van der Waals surface area contributed by atoms with Crippen molar-refractivity contribution in [3.8, 4) is 5.75 Å². The van der Waals surface area contributed by atoms with Crippen LogP contribution in [0, 0.1) is 5.92 Å². The molecular formula is C19H22BrN5O. The van der Waals surface area contributed by atoms with Gasteiger partial charge >= 0.3 is 0 Å². The number of anilines is 2. The number of rotatable bonds is 6. The summed E-state index contributed by atoms with van der Waals surface area (Å²) in [5, 5.41) is 1.07. The first-order chi connectivity index (χ1) is 12.6. The minimum atomic E-state index is 0.0744. The fraction of sp³-hybridized carbons (Fsp3) is 0.368. The van der Waals surface area contributed by atoms with Gasteiger partial charge in [-0.25, -0.2) is 4.98 Å². The second-order valence-corrected chi connectivity index (χ2v) is 7.72. The SMILES string of the molecule is CCC(c1cc(OCC2CC2)c2c(Br)c[nH]c2c1)c1cnc(N)nc1N. The quantitative estimate of drug-likeness (QED) is 0.559. The molecule has 1 unspecified atom stereocenters. The van der Waals surface area contributed by atoms with Gasteiger partial charge in [-0.05, 0) is 58.8 Å².